The normalized spacial score (nSPS) is 15.4. The fourth-order valence-electron chi connectivity index (χ4n) is 2.78. The zero-order valence-corrected chi connectivity index (χ0v) is 18.1. The maximum atomic E-state index is 12.2. The van der Waals surface area contributed by atoms with Crippen LogP contribution in [0.5, 0.6) is 5.75 Å². The van der Waals surface area contributed by atoms with E-state index < -0.39 is 6.03 Å². The molecule has 5 nitrogen and oxygen atoms in total. The number of ether oxygens (including phenoxy) is 1. The fourth-order valence-corrected chi connectivity index (χ4v) is 4.23. The van der Waals surface area contributed by atoms with Gasteiger partial charge in [0.2, 0.25) is 0 Å². The lowest BCUT2D eigenvalue weighted by Crippen LogP contribution is -2.30. The molecule has 140 valence electrons. The Kier molecular flexibility index (Phi) is 6.01. The molecular formula is C20H18Br2N2O3. The lowest BCUT2D eigenvalue weighted by Gasteiger charge is -2.12. The van der Waals surface area contributed by atoms with Crippen LogP contribution < -0.4 is 10.1 Å². The number of aryl methyl sites for hydroxylation is 1. The average molecular weight is 494 g/mol. The van der Waals surface area contributed by atoms with Gasteiger partial charge >= 0.3 is 6.03 Å². The van der Waals surface area contributed by atoms with Crippen molar-refractivity contribution in [3.8, 4) is 5.75 Å². The van der Waals surface area contributed by atoms with E-state index in [-0.39, 0.29) is 11.6 Å². The summed E-state index contributed by atoms with van der Waals surface area (Å²) in [5.41, 5.74) is 3.28. The Morgan fingerprint density at radius 1 is 1.15 bits per heavy atom. The Balaban J connectivity index is 1.80. The highest BCUT2D eigenvalue weighted by molar-refractivity contribution is 9.11. The van der Waals surface area contributed by atoms with Crippen molar-refractivity contribution in [2.45, 2.75) is 20.5 Å². The van der Waals surface area contributed by atoms with Gasteiger partial charge in [0.15, 0.2) is 0 Å². The number of carbonyl (C=O) groups excluding carboxylic acids is 2. The number of hydrogen-bond acceptors (Lipinski definition) is 3. The van der Waals surface area contributed by atoms with E-state index in [0.29, 0.717) is 18.9 Å². The summed E-state index contributed by atoms with van der Waals surface area (Å²) in [7, 11) is 0. The van der Waals surface area contributed by atoms with Crippen LogP contribution in [-0.4, -0.2) is 23.4 Å². The van der Waals surface area contributed by atoms with E-state index in [2.05, 4.69) is 43.2 Å². The summed E-state index contributed by atoms with van der Waals surface area (Å²) >= 11 is 7.04. The standard InChI is InChI=1S/C20H18Br2N2O3/c1-3-24-19(25)17(23-20(24)26)10-14-8-15(21)18(16(22)9-14)27-11-13-6-4-5-12(2)7-13/h4-10H,3,11H2,1-2H3,(H,23,26)/b17-10+. The van der Waals surface area contributed by atoms with Gasteiger partial charge in [0, 0.05) is 6.54 Å². The molecule has 0 aliphatic carbocycles. The van der Waals surface area contributed by atoms with Crippen LogP contribution in [0.1, 0.15) is 23.6 Å². The molecule has 1 N–H and O–H groups in total. The van der Waals surface area contributed by atoms with Crippen LogP contribution in [0.3, 0.4) is 0 Å². The van der Waals surface area contributed by atoms with Crippen molar-refractivity contribution < 1.29 is 14.3 Å². The maximum absolute atomic E-state index is 12.2. The van der Waals surface area contributed by atoms with Crippen LogP contribution in [0.2, 0.25) is 0 Å². The zero-order valence-electron chi connectivity index (χ0n) is 14.9. The minimum Gasteiger partial charge on any atom is -0.487 e. The van der Waals surface area contributed by atoms with Crippen LogP contribution in [0, 0.1) is 6.92 Å². The molecule has 2 aromatic carbocycles. The molecular weight excluding hydrogens is 476 g/mol. The van der Waals surface area contributed by atoms with Crippen molar-refractivity contribution in [3.63, 3.8) is 0 Å². The van der Waals surface area contributed by atoms with E-state index in [0.717, 1.165) is 25.0 Å². The number of nitrogens with zero attached hydrogens (tertiary/aromatic N) is 1. The number of halogens is 2. The maximum Gasteiger partial charge on any atom is 0.328 e. The average Bonchev–Trinajstić information content (AvgIpc) is 2.87. The molecule has 0 radical (unpaired) electrons. The minimum atomic E-state index is -0.398. The van der Waals surface area contributed by atoms with Crippen molar-refractivity contribution in [3.05, 3.63) is 67.7 Å². The van der Waals surface area contributed by atoms with Gasteiger partial charge in [-0.15, -0.1) is 0 Å². The zero-order chi connectivity index (χ0) is 19.6. The second-order valence-electron chi connectivity index (χ2n) is 6.13. The van der Waals surface area contributed by atoms with Crippen LogP contribution >= 0.6 is 31.9 Å². The Morgan fingerprint density at radius 3 is 2.44 bits per heavy atom. The van der Waals surface area contributed by atoms with E-state index in [4.69, 9.17) is 4.74 Å². The summed E-state index contributed by atoms with van der Waals surface area (Å²) in [6.07, 6.45) is 1.65. The fraction of sp³-hybridized carbons (Fsp3) is 0.200. The van der Waals surface area contributed by atoms with Gasteiger partial charge < -0.3 is 10.1 Å². The summed E-state index contributed by atoms with van der Waals surface area (Å²) in [6.45, 7) is 4.58. The third-order valence-electron chi connectivity index (χ3n) is 4.08. The largest absolute Gasteiger partial charge is 0.487 e. The monoisotopic (exact) mass is 492 g/mol. The first-order valence-electron chi connectivity index (χ1n) is 8.41. The molecule has 7 heteroatoms. The van der Waals surface area contributed by atoms with Gasteiger partial charge in [-0.2, -0.15) is 0 Å². The van der Waals surface area contributed by atoms with Gasteiger partial charge in [-0.05, 0) is 75.0 Å². The molecule has 3 amide bonds. The number of carbonyl (C=O) groups is 2. The van der Waals surface area contributed by atoms with Gasteiger partial charge in [-0.3, -0.25) is 9.69 Å². The van der Waals surface area contributed by atoms with E-state index in [1.54, 1.807) is 13.0 Å². The number of urea groups is 1. The summed E-state index contributed by atoms with van der Waals surface area (Å²) in [4.78, 5) is 25.1. The quantitative estimate of drug-likeness (QED) is 0.470. The highest BCUT2D eigenvalue weighted by atomic mass is 79.9. The van der Waals surface area contributed by atoms with E-state index in [1.807, 2.05) is 37.3 Å². The predicted molar refractivity (Wildman–Crippen MR) is 111 cm³/mol. The molecule has 1 fully saturated rings. The molecule has 0 aromatic heterocycles. The highest BCUT2D eigenvalue weighted by Gasteiger charge is 2.32. The van der Waals surface area contributed by atoms with Crippen molar-refractivity contribution in [1.29, 1.82) is 0 Å². The minimum absolute atomic E-state index is 0.258. The van der Waals surface area contributed by atoms with E-state index >= 15 is 0 Å². The second-order valence-corrected chi connectivity index (χ2v) is 7.84. The summed E-state index contributed by atoms with van der Waals surface area (Å²) in [5.74, 6) is 0.352. The summed E-state index contributed by atoms with van der Waals surface area (Å²) in [5, 5.41) is 2.60. The van der Waals surface area contributed by atoms with E-state index in [1.165, 1.54) is 5.56 Å². The number of benzene rings is 2. The van der Waals surface area contributed by atoms with Crippen molar-refractivity contribution in [1.82, 2.24) is 10.2 Å². The summed E-state index contributed by atoms with van der Waals surface area (Å²) in [6, 6.07) is 11.4. The Morgan fingerprint density at radius 2 is 1.85 bits per heavy atom. The predicted octanol–water partition coefficient (Wildman–Crippen LogP) is 5.01. The van der Waals surface area contributed by atoms with Crippen LogP contribution in [0.4, 0.5) is 4.79 Å². The molecule has 2 aromatic rings. The van der Waals surface area contributed by atoms with Crippen LogP contribution in [0.25, 0.3) is 6.08 Å². The van der Waals surface area contributed by atoms with Gasteiger partial charge in [0.25, 0.3) is 5.91 Å². The lowest BCUT2D eigenvalue weighted by molar-refractivity contribution is -0.122. The van der Waals surface area contributed by atoms with Gasteiger partial charge in [-0.25, -0.2) is 4.79 Å². The summed E-state index contributed by atoms with van der Waals surface area (Å²) < 4.78 is 7.45. The molecule has 0 spiro atoms. The highest BCUT2D eigenvalue weighted by Crippen LogP contribution is 2.36. The molecule has 1 aliphatic rings. The smallest absolute Gasteiger partial charge is 0.328 e. The number of likely N-dealkylation sites (N-methyl/N-ethyl adjacent to an activating group) is 1. The molecule has 0 bridgehead atoms. The SMILES string of the molecule is CCN1C(=O)N/C(=C/c2cc(Br)c(OCc3cccc(C)c3)c(Br)c2)C1=O. The first-order valence-corrected chi connectivity index (χ1v) is 9.99. The molecule has 1 heterocycles. The molecule has 1 saturated heterocycles. The first kappa shape index (κ1) is 19.6. The molecule has 0 saturated carbocycles. The van der Waals surface area contributed by atoms with Crippen LogP contribution in [0.15, 0.2) is 51.0 Å². The van der Waals surface area contributed by atoms with Gasteiger partial charge in [0.1, 0.15) is 18.1 Å². The van der Waals surface area contributed by atoms with Crippen molar-refractivity contribution in [2.24, 2.45) is 0 Å². The number of amides is 3. The third kappa shape index (κ3) is 4.42. The number of imide groups is 1. The lowest BCUT2D eigenvalue weighted by atomic mass is 10.1. The topological polar surface area (TPSA) is 58.6 Å². The molecule has 27 heavy (non-hydrogen) atoms. The van der Waals surface area contributed by atoms with E-state index in [9.17, 15) is 9.59 Å². The number of rotatable bonds is 5. The number of nitrogens with one attached hydrogen (secondary N) is 1. The Labute approximate surface area is 174 Å². The molecule has 0 unspecified atom stereocenters. The molecule has 1 aliphatic heterocycles. The van der Waals surface area contributed by atoms with Crippen LogP contribution in [-0.2, 0) is 11.4 Å². The van der Waals surface area contributed by atoms with Crippen molar-refractivity contribution >= 4 is 49.9 Å². The Hall–Kier alpha value is -2.12. The molecule has 3 rings (SSSR count). The van der Waals surface area contributed by atoms with Crippen molar-refractivity contribution in [2.75, 3.05) is 6.54 Å². The first-order chi connectivity index (χ1) is 12.9. The number of hydrogen-bond donors (Lipinski definition) is 1. The van der Waals surface area contributed by atoms with Gasteiger partial charge in [0.05, 0.1) is 8.95 Å². The Bertz CT molecular complexity index is 918. The van der Waals surface area contributed by atoms with Gasteiger partial charge in [-0.1, -0.05) is 29.8 Å². The second kappa shape index (κ2) is 8.27. The third-order valence-corrected chi connectivity index (χ3v) is 5.25. The molecule has 0 atom stereocenters.